The molecule has 220 valence electrons. The van der Waals surface area contributed by atoms with Crippen LogP contribution < -0.4 is 14.9 Å². The van der Waals surface area contributed by atoms with E-state index in [2.05, 4.69) is 10.0 Å². The molecular weight excluding hydrogens is 557 g/mol. The summed E-state index contributed by atoms with van der Waals surface area (Å²) in [5, 5.41) is 19.4. The summed E-state index contributed by atoms with van der Waals surface area (Å²) >= 11 is 0. The Labute approximate surface area is 229 Å². The van der Waals surface area contributed by atoms with E-state index < -0.39 is 28.1 Å². The zero-order valence-electron chi connectivity index (χ0n) is 21.9. The molecule has 1 heterocycles. The van der Waals surface area contributed by atoms with Crippen molar-refractivity contribution in [1.29, 1.82) is 0 Å². The lowest BCUT2D eigenvalue weighted by Gasteiger charge is -2.36. The lowest BCUT2D eigenvalue weighted by atomic mass is 10.1. The van der Waals surface area contributed by atoms with Gasteiger partial charge in [-0.3, -0.25) is 14.4 Å². The highest BCUT2D eigenvalue weighted by Crippen LogP contribution is 2.30. The van der Waals surface area contributed by atoms with Crippen molar-refractivity contribution in [3.63, 3.8) is 0 Å². The number of rotatable bonds is 9. The molecule has 0 saturated carbocycles. The molecule has 1 fully saturated rings. The van der Waals surface area contributed by atoms with Gasteiger partial charge in [0.2, 0.25) is 5.91 Å². The maximum atomic E-state index is 13.0. The lowest BCUT2D eigenvalue weighted by molar-refractivity contribution is -0.192. The minimum absolute atomic E-state index is 0.00779. The second-order valence-corrected chi connectivity index (χ2v) is 10.6. The molecule has 2 aromatic carbocycles. The molecule has 0 atom stereocenters. The Morgan fingerprint density at radius 1 is 0.975 bits per heavy atom. The molecule has 4 N–H and O–H groups in total. The van der Waals surface area contributed by atoms with E-state index >= 15 is 0 Å². The van der Waals surface area contributed by atoms with Crippen molar-refractivity contribution in [3.05, 3.63) is 53.6 Å². The van der Waals surface area contributed by atoms with E-state index in [4.69, 9.17) is 9.90 Å². The summed E-state index contributed by atoms with van der Waals surface area (Å²) in [5.74, 6) is -3.91. The number of aliphatic carboxylic acids is 1. The number of amides is 1. The Hall–Kier alpha value is -3.85. The van der Waals surface area contributed by atoms with Crippen molar-refractivity contribution < 1.29 is 46.2 Å². The van der Waals surface area contributed by atoms with Crippen LogP contribution in [0.1, 0.15) is 29.3 Å². The topological polar surface area (TPSA) is 156 Å². The molecule has 0 aromatic heterocycles. The molecule has 2 aromatic rings. The van der Waals surface area contributed by atoms with Crippen LogP contribution in [-0.4, -0.2) is 86.8 Å². The van der Waals surface area contributed by atoms with Crippen molar-refractivity contribution in [2.75, 3.05) is 48.9 Å². The summed E-state index contributed by atoms with van der Waals surface area (Å²) in [6.07, 6.45) is -4.20. The van der Waals surface area contributed by atoms with Crippen LogP contribution >= 0.6 is 0 Å². The van der Waals surface area contributed by atoms with Crippen LogP contribution in [0.4, 0.5) is 24.5 Å². The molecule has 0 unspecified atom stereocenters. The molecule has 0 bridgehead atoms. The molecule has 1 saturated heterocycles. The van der Waals surface area contributed by atoms with E-state index in [-0.39, 0.29) is 22.1 Å². The summed E-state index contributed by atoms with van der Waals surface area (Å²) in [4.78, 5) is 36.5. The third-order valence-electron chi connectivity index (χ3n) is 5.71. The third kappa shape index (κ3) is 9.72. The van der Waals surface area contributed by atoms with Gasteiger partial charge in [0.15, 0.2) is 0 Å². The van der Waals surface area contributed by atoms with Gasteiger partial charge in [-0.25, -0.2) is 18.0 Å². The van der Waals surface area contributed by atoms with Crippen LogP contribution in [0.5, 0.6) is 0 Å². The fraction of sp³-hybridized carbons (Fsp3) is 0.400. The average molecular weight is 589 g/mol. The van der Waals surface area contributed by atoms with Gasteiger partial charge < -0.3 is 20.4 Å². The summed E-state index contributed by atoms with van der Waals surface area (Å²) in [7, 11) is -3.90. The summed E-state index contributed by atoms with van der Waals surface area (Å²) in [6.45, 7) is 7.25. The van der Waals surface area contributed by atoms with Crippen LogP contribution in [-0.2, 0) is 19.6 Å². The summed E-state index contributed by atoms with van der Waals surface area (Å²) in [5.41, 5.74) is 1.74. The zero-order chi connectivity index (χ0) is 30.1. The molecule has 1 amide bonds. The molecule has 15 heteroatoms. The van der Waals surface area contributed by atoms with Gasteiger partial charge in [0, 0.05) is 32.7 Å². The third-order valence-corrected chi connectivity index (χ3v) is 7.10. The normalized spacial score (nSPS) is 14.1. The SMILES string of the molecule is CCCNC(=O)CN1CCN(c2ccc(C(=O)O)cc2NS(=O)(=O)c2ccc(C)cc2)CC1.O=C(O)C(F)(F)F. The minimum Gasteiger partial charge on any atom is -0.478 e. The number of carbonyl (C=O) groups is 3. The number of anilines is 2. The van der Waals surface area contributed by atoms with Crippen LogP contribution in [0.25, 0.3) is 0 Å². The second-order valence-electron chi connectivity index (χ2n) is 8.87. The average Bonchev–Trinajstić information content (AvgIpc) is 2.88. The van der Waals surface area contributed by atoms with Crippen molar-refractivity contribution in [2.45, 2.75) is 31.3 Å². The van der Waals surface area contributed by atoms with Crippen molar-refractivity contribution in [3.8, 4) is 0 Å². The van der Waals surface area contributed by atoms with E-state index in [0.717, 1.165) is 12.0 Å². The highest BCUT2D eigenvalue weighted by molar-refractivity contribution is 7.92. The van der Waals surface area contributed by atoms with Crippen molar-refractivity contribution >= 4 is 39.2 Å². The molecular formula is C25H31F3N4O7S. The minimum atomic E-state index is -5.08. The molecule has 0 radical (unpaired) electrons. The lowest BCUT2D eigenvalue weighted by Crippen LogP contribution is -2.49. The Morgan fingerprint density at radius 3 is 2.05 bits per heavy atom. The highest BCUT2D eigenvalue weighted by atomic mass is 32.2. The van der Waals surface area contributed by atoms with Crippen LogP contribution in [0.15, 0.2) is 47.4 Å². The van der Waals surface area contributed by atoms with Crippen LogP contribution in [0, 0.1) is 6.92 Å². The Balaban J connectivity index is 0.000000708. The van der Waals surface area contributed by atoms with Gasteiger partial charge in [-0.2, -0.15) is 13.2 Å². The predicted molar refractivity (Wildman–Crippen MR) is 141 cm³/mol. The van der Waals surface area contributed by atoms with Gasteiger partial charge in [-0.15, -0.1) is 0 Å². The first-order chi connectivity index (χ1) is 18.6. The maximum absolute atomic E-state index is 13.0. The van der Waals surface area contributed by atoms with Crippen molar-refractivity contribution in [2.24, 2.45) is 0 Å². The van der Waals surface area contributed by atoms with Gasteiger partial charge in [-0.1, -0.05) is 24.6 Å². The number of carboxylic acid groups (broad SMARTS) is 2. The smallest absolute Gasteiger partial charge is 0.478 e. The fourth-order valence-corrected chi connectivity index (χ4v) is 4.68. The van der Waals surface area contributed by atoms with Crippen LogP contribution in [0.3, 0.4) is 0 Å². The fourth-order valence-electron chi connectivity index (χ4n) is 3.62. The van der Waals surface area contributed by atoms with E-state index in [1.54, 1.807) is 18.2 Å². The number of benzene rings is 2. The molecule has 1 aliphatic rings. The van der Waals surface area contributed by atoms with E-state index in [1.165, 1.54) is 24.3 Å². The first-order valence-corrected chi connectivity index (χ1v) is 13.6. The highest BCUT2D eigenvalue weighted by Gasteiger charge is 2.38. The van der Waals surface area contributed by atoms with Crippen molar-refractivity contribution in [1.82, 2.24) is 10.2 Å². The number of sulfonamides is 1. The summed E-state index contributed by atoms with van der Waals surface area (Å²) in [6, 6.07) is 10.9. The number of hydrogen-bond acceptors (Lipinski definition) is 7. The number of carboxylic acids is 2. The summed E-state index contributed by atoms with van der Waals surface area (Å²) < 4.78 is 60.2. The van der Waals surface area contributed by atoms with E-state index in [0.29, 0.717) is 45.0 Å². The Kier molecular flexibility index (Phi) is 11.3. The van der Waals surface area contributed by atoms with Gasteiger partial charge in [-0.05, 0) is 43.7 Å². The Bertz CT molecular complexity index is 1290. The molecule has 1 aliphatic heterocycles. The van der Waals surface area contributed by atoms with Gasteiger partial charge >= 0.3 is 18.1 Å². The number of aromatic carboxylic acids is 1. The number of piperazine rings is 1. The number of carbonyl (C=O) groups excluding carboxylic acids is 1. The van der Waals surface area contributed by atoms with Gasteiger partial charge in [0.1, 0.15) is 0 Å². The predicted octanol–water partition coefficient (Wildman–Crippen LogP) is 2.78. The largest absolute Gasteiger partial charge is 0.490 e. The number of aryl methyl sites for hydroxylation is 1. The first-order valence-electron chi connectivity index (χ1n) is 12.1. The molecule has 0 aliphatic carbocycles. The Morgan fingerprint density at radius 2 is 1.55 bits per heavy atom. The van der Waals surface area contributed by atoms with Crippen LogP contribution in [0.2, 0.25) is 0 Å². The molecule has 3 rings (SSSR count). The number of nitrogens with zero attached hydrogens (tertiary/aromatic N) is 2. The monoisotopic (exact) mass is 588 g/mol. The first kappa shape index (κ1) is 32.4. The van der Waals surface area contributed by atoms with Gasteiger partial charge in [0.05, 0.1) is 28.4 Å². The zero-order valence-corrected chi connectivity index (χ0v) is 22.7. The van der Waals surface area contributed by atoms with E-state index in [1.807, 2.05) is 23.6 Å². The number of nitrogens with one attached hydrogen (secondary N) is 2. The molecule has 11 nitrogen and oxygen atoms in total. The molecule has 0 spiro atoms. The number of alkyl halides is 3. The second kappa shape index (κ2) is 14.0. The quantitative estimate of drug-likeness (QED) is 0.346. The standard InChI is InChI=1S/C23H30N4O5S.C2HF3O2/c1-3-10-24-22(28)16-26-11-13-27(14-12-26)21-9-6-18(23(29)30)15-20(21)25-33(31,32)19-7-4-17(2)5-8-19;3-2(4,5)1(6)7/h4-9,15,25H,3,10-14,16H2,1-2H3,(H,24,28)(H,29,30);(H,6,7). The number of halogens is 3. The maximum Gasteiger partial charge on any atom is 0.490 e. The molecule has 40 heavy (non-hydrogen) atoms. The van der Waals surface area contributed by atoms with E-state index in [9.17, 15) is 36.3 Å². The number of hydrogen-bond donors (Lipinski definition) is 4. The van der Waals surface area contributed by atoms with Gasteiger partial charge in [0.25, 0.3) is 10.0 Å².